The quantitative estimate of drug-likeness (QED) is 0.573. The maximum atomic E-state index is 11.7. The molecule has 0 N–H and O–H groups in total. The van der Waals surface area contributed by atoms with Gasteiger partial charge in [-0.3, -0.25) is 0 Å². The molecule has 0 nitrogen and oxygen atoms in total. The zero-order chi connectivity index (χ0) is 7.49. The molecule has 0 saturated heterocycles. The Kier molecular flexibility index (Phi) is 3.32. The van der Waals surface area contributed by atoms with Crippen LogP contribution in [0.5, 0.6) is 0 Å². The summed E-state index contributed by atoms with van der Waals surface area (Å²) in [4.78, 5) is 0. The molecule has 0 aromatic rings. The Morgan fingerprint density at radius 2 is 1.89 bits per heavy atom. The van der Waals surface area contributed by atoms with Crippen molar-refractivity contribution in [3.05, 3.63) is 6.92 Å². The highest BCUT2D eigenvalue weighted by Crippen LogP contribution is 2.34. The molecule has 0 saturated carbocycles. The van der Waals surface area contributed by atoms with Gasteiger partial charge in [0.25, 0.3) is 0 Å². The van der Waals surface area contributed by atoms with Crippen LogP contribution in [0.15, 0.2) is 0 Å². The summed E-state index contributed by atoms with van der Waals surface area (Å²) in [5.74, 6) is -0.253. The van der Waals surface area contributed by atoms with Crippen LogP contribution in [0.4, 0.5) is 17.6 Å². The van der Waals surface area contributed by atoms with E-state index in [-0.39, 0.29) is 17.5 Å². The summed E-state index contributed by atoms with van der Waals surface area (Å²) in [5, 5.41) is -3.93. The summed E-state index contributed by atoms with van der Waals surface area (Å²) in [7, 11) is 0. The Labute approximate surface area is 54.6 Å². The van der Waals surface area contributed by atoms with Gasteiger partial charge in [-0.1, -0.05) is 11.8 Å². The van der Waals surface area contributed by atoms with Gasteiger partial charge in [-0.25, -0.2) is 8.78 Å². The van der Waals surface area contributed by atoms with Gasteiger partial charge in [0.2, 0.25) is 0 Å². The van der Waals surface area contributed by atoms with Crippen LogP contribution in [0.3, 0.4) is 0 Å². The summed E-state index contributed by atoms with van der Waals surface area (Å²) in [6.45, 7) is 3.00. The molecular formula is C4H5F4S. The van der Waals surface area contributed by atoms with Crippen molar-refractivity contribution in [3.63, 3.8) is 0 Å². The highest BCUT2D eigenvalue weighted by atomic mass is 32.2. The maximum Gasteiger partial charge on any atom is 0.353 e. The Morgan fingerprint density at radius 1 is 1.44 bits per heavy atom. The second-order valence-corrected chi connectivity index (χ2v) is 2.45. The molecule has 0 atom stereocenters. The Bertz CT molecular complexity index is 82.6. The summed E-state index contributed by atoms with van der Waals surface area (Å²) in [6.07, 6.45) is -3.59. The van der Waals surface area contributed by atoms with Crippen LogP contribution in [0.2, 0.25) is 0 Å². The lowest BCUT2D eigenvalue weighted by Gasteiger charge is -2.11. The molecule has 0 aromatic carbocycles. The SMILES string of the molecule is [CH2]CSC(F)(F)C(F)F. The van der Waals surface area contributed by atoms with Gasteiger partial charge in [0, 0.05) is 0 Å². The van der Waals surface area contributed by atoms with Crippen molar-refractivity contribution < 1.29 is 17.6 Å². The number of hydrogen-bond acceptors (Lipinski definition) is 1. The lowest BCUT2D eigenvalue weighted by atomic mass is 10.7. The van der Waals surface area contributed by atoms with Crippen LogP contribution in [0.1, 0.15) is 0 Å². The van der Waals surface area contributed by atoms with Crippen LogP contribution in [0.25, 0.3) is 0 Å². The molecule has 0 spiro atoms. The molecule has 0 heterocycles. The van der Waals surface area contributed by atoms with Crippen molar-refractivity contribution in [2.24, 2.45) is 0 Å². The molecular weight excluding hydrogens is 156 g/mol. The molecule has 0 unspecified atom stereocenters. The number of thioether (sulfide) groups is 1. The summed E-state index contributed by atoms with van der Waals surface area (Å²) < 4.78 is 45.8. The van der Waals surface area contributed by atoms with Crippen LogP contribution < -0.4 is 0 Å². The van der Waals surface area contributed by atoms with E-state index >= 15 is 0 Å². The molecule has 0 aromatic heterocycles. The first kappa shape index (κ1) is 9.07. The number of rotatable bonds is 3. The lowest BCUT2D eigenvalue weighted by molar-refractivity contribution is -0.0562. The molecule has 0 rings (SSSR count). The summed E-state index contributed by atoms with van der Waals surface area (Å²) in [5.41, 5.74) is 0. The van der Waals surface area contributed by atoms with E-state index in [1.165, 1.54) is 0 Å². The van der Waals surface area contributed by atoms with Crippen LogP contribution in [0, 0.1) is 6.92 Å². The first-order valence-corrected chi connectivity index (χ1v) is 3.08. The minimum Gasteiger partial charge on any atom is -0.202 e. The van der Waals surface area contributed by atoms with Gasteiger partial charge in [-0.05, 0) is 12.7 Å². The average Bonchev–Trinajstić information content (AvgIpc) is 1.65. The first-order chi connectivity index (χ1) is 4.00. The van der Waals surface area contributed by atoms with E-state index in [1.807, 2.05) is 0 Å². The third kappa shape index (κ3) is 2.93. The minimum atomic E-state index is -3.93. The van der Waals surface area contributed by atoms with Gasteiger partial charge in [-0.2, -0.15) is 8.78 Å². The van der Waals surface area contributed by atoms with Crippen molar-refractivity contribution in [2.45, 2.75) is 11.7 Å². The van der Waals surface area contributed by atoms with Crippen LogP contribution in [-0.2, 0) is 0 Å². The molecule has 0 aliphatic carbocycles. The Hall–Kier alpha value is 0.0700. The molecule has 0 aliphatic rings. The van der Waals surface area contributed by atoms with Gasteiger partial charge in [-0.15, -0.1) is 0 Å². The lowest BCUT2D eigenvalue weighted by Crippen LogP contribution is -2.21. The second kappa shape index (κ2) is 3.29. The highest BCUT2D eigenvalue weighted by Gasteiger charge is 2.40. The normalized spacial score (nSPS) is 12.7. The van der Waals surface area contributed by atoms with Crippen LogP contribution in [-0.4, -0.2) is 17.4 Å². The van der Waals surface area contributed by atoms with Crippen molar-refractivity contribution in [3.8, 4) is 0 Å². The highest BCUT2D eigenvalue weighted by molar-refractivity contribution is 8.00. The van der Waals surface area contributed by atoms with Crippen molar-refractivity contribution >= 4 is 11.8 Å². The zero-order valence-corrected chi connectivity index (χ0v) is 5.23. The van der Waals surface area contributed by atoms with Crippen molar-refractivity contribution in [1.29, 1.82) is 0 Å². The van der Waals surface area contributed by atoms with E-state index in [0.29, 0.717) is 0 Å². The maximum absolute atomic E-state index is 11.7. The van der Waals surface area contributed by atoms with Gasteiger partial charge in [0.05, 0.1) is 0 Å². The average molecular weight is 161 g/mol. The third-order valence-electron chi connectivity index (χ3n) is 0.549. The topological polar surface area (TPSA) is 0 Å². The molecule has 1 radical (unpaired) electrons. The van der Waals surface area contributed by atoms with E-state index in [0.717, 1.165) is 0 Å². The van der Waals surface area contributed by atoms with Crippen LogP contribution >= 0.6 is 11.8 Å². The number of alkyl halides is 4. The number of halogens is 4. The fourth-order valence-corrected chi connectivity index (χ4v) is 0.597. The van der Waals surface area contributed by atoms with E-state index in [9.17, 15) is 17.6 Å². The third-order valence-corrected chi connectivity index (χ3v) is 1.32. The van der Waals surface area contributed by atoms with Gasteiger partial charge < -0.3 is 0 Å². The summed E-state index contributed by atoms with van der Waals surface area (Å²) >= 11 is -0.153. The number of hydrogen-bond donors (Lipinski definition) is 0. The first-order valence-electron chi connectivity index (χ1n) is 2.10. The van der Waals surface area contributed by atoms with E-state index in [4.69, 9.17) is 0 Å². The molecule has 55 valence electrons. The molecule has 5 heteroatoms. The van der Waals surface area contributed by atoms with Gasteiger partial charge in [0.1, 0.15) is 0 Å². The predicted molar refractivity (Wildman–Crippen MR) is 28.8 cm³/mol. The fraction of sp³-hybridized carbons (Fsp3) is 0.750. The van der Waals surface area contributed by atoms with Crippen molar-refractivity contribution in [2.75, 3.05) is 5.75 Å². The largest absolute Gasteiger partial charge is 0.353 e. The Morgan fingerprint density at radius 3 is 2.00 bits per heavy atom. The van der Waals surface area contributed by atoms with Gasteiger partial charge >= 0.3 is 11.7 Å². The zero-order valence-electron chi connectivity index (χ0n) is 4.41. The fourth-order valence-electron chi connectivity index (χ4n) is 0.199. The smallest absolute Gasteiger partial charge is 0.202 e. The molecule has 9 heavy (non-hydrogen) atoms. The van der Waals surface area contributed by atoms with Crippen molar-refractivity contribution in [1.82, 2.24) is 0 Å². The monoisotopic (exact) mass is 161 g/mol. The molecule has 0 amide bonds. The van der Waals surface area contributed by atoms with E-state index in [1.54, 1.807) is 0 Å². The minimum absolute atomic E-state index is 0.153. The Balaban J connectivity index is 3.70. The molecule has 0 bridgehead atoms. The predicted octanol–water partition coefficient (Wildman–Crippen LogP) is 2.41. The summed E-state index contributed by atoms with van der Waals surface area (Å²) in [6, 6.07) is 0. The molecule has 0 aliphatic heterocycles. The standard InChI is InChI=1S/C4H5F4S/c1-2-9-4(7,8)3(5)6/h3H,1-2H2. The van der Waals surface area contributed by atoms with Gasteiger partial charge in [0.15, 0.2) is 0 Å². The second-order valence-electron chi connectivity index (χ2n) is 1.21. The molecule has 0 fully saturated rings. The van der Waals surface area contributed by atoms with E-state index in [2.05, 4.69) is 6.92 Å². The van der Waals surface area contributed by atoms with E-state index < -0.39 is 11.7 Å².